The normalized spacial score (nSPS) is 15.8. The second kappa shape index (κ2) is 9.18. The van der Waals surface area contributed by atoms with Crippen LogP contribution in [0.15, 0.2) is 90.7 Å². The van der Waals surface area contributed by atoms with Gasteiger partial charge in [0.2, 0.25) is 0 Å². The van der Waals surface area contributed by atoms with E-state index in [-0.39, 0.29) is 13.2 Å². The molecule has 2 N–H and O–H groups in total. The van der Waals surface area contributed by atoms with Crippen molar-refractivity contribution in [3.8, 4) is 22.3 Å². The van der Waals surface area contributed by atoms with E-state index >= 15 is 0 Å². The van der Waals surface area contributed by atoms with E-state index in [1.165, 1.54) is 0 Å². The van der Waals surface area contributed by atoms with Crippen LogP contribution in [0.3, 0.4) is 0 Å². The predicted molar refractivity (Wildman–Crippen MR) is 160 cm³/mol. The highest BCUT2D eigenvalue weighted by atomic mass is 79.9. The van der Waals surface area contributed by atoms with Gasteiger partial charge in [-0.3, -0.25) is 0 Å². The minimum atomic E-state index is -0.582. The van der Waals surface area contributed by atoms with Gasteiger partial charge in [0.15, 0.2) is 0 Å². The van der Waals surface area contributed by atoms with Crippen LogP contribution in [0.4, 0.5) is 0 Å². The Hall–Kier alpha value is -1.28. The van der Waals surface area contributed by atoms with Gasteiger partial charge in [0, 0.05) is 28.7 Å². The summed E-state index contributed by atoms with van der Waals surface area (Å²) in [4.78, 5) is 0. The zero-order valence-corrected chi connectivity index (χ0v) is 25.5. The van der Waals surface area contributed by atoms with Crippen LogP contribution in [0.25, 0.3) is 22.3 Å². The van der Waals surface area contributed by atoms with Crippen LogP contribution in [0, 0.1) is 0 Å². The van der Waals surface area contributed by atoms with Gasteiger partial charge in [0.25, 0.3) is 0 Å². The van der Waals surface area contributed by atoms with Crippen LogP contribution in [-0.2, 0) is 10.8 Å². The van der Waals surface area contributed by atoms with Crippen molar-refractivity contribution in [2.75, 3.05) is 13.2 Å². The molecule has 0 aromatic heterocycles. The Labute approximate surface area is 244 Å². The Morgan fingerprint density at radius 2 is 0.694 bits per heavy atom. The van der Waals surface area contributed by atoms with Crippen LogP contribution in [0.5, 0.6) is 0 Å². The van der Waals surface area contributed by atoms with Crippen LogP contribution in [-0.4, -0.2) is 23.4 Å². The first-order valence-corrected chi connectivity index (χ1v) is 14.9. The summed E-state index contributed by atoms with van der Waals surface area (Å²) in [5, 5.41) is 22.2. The SMILES string of the molecule is OCC1(CCC2(CO)c3cc(Br)ccc3-c3ccc(Br)cc32)c2cc(Br)ccc2-c2ccc(Br)cc21. The van der Waals surface area contributed by atoms with Gasteiger partial charge in [-0.15, -0.1) is 0 Å². The third-order valence-corrected chi connectivity index (χ3v) is 10.1. The number of hydrogen-bond acceptors (Lipinski definition) is 2. The first-order valence-electron chi connectivity index (χ1n) is 11.8. The number of aliphatic hydroxyl groups excluding tert-OH is 2. The molecule has 0 aliphatic heterocycles. The highest BCUT2D eigenvalue weighted by Crippen LogP contribution is 2.57. The molecule has 4 aromatic rings. The number of hydrogen-bond donors (Lipinski definition) is 2. The molecule has 0 saturated carbocycles. The maximum absolute atomic E-state index is 11.1. The fourth-order valence-electron chi connectivity index (χ4n) is 6.34. The topological polar surface area (TPSA) is 40.5 Å². The fourth-order valence-corrected chi connectivity index (χ4v) is 7.79. The average molecular weight is 734 g/mol. The second-order valence-corrected chi connectivity index (χ2v) is 13.4. The monoisotopic (exact) mass is 730 g/mol. The summed E-state index contributed by atoms with van der Waals surface area (Å²) in [6.45, 7) is -0.0316. The molecule has 182 valence electrons. The van der Waals surface area contributed by atoms with E-state index in [4.69, 9.17) is 0 Å². The second-order valence-electron chi connectivity index (χ2n) is 9.74. The summed E-state index contributed by atoms with van der Waals surface area (Å²) in [6, 6.07) is 25.4. The van der Waals surface area contributed by atoms with Crippen molar-refractivity contribution in [2.24, 2.45) is 0 Å². The molecule has 0 bridgehead atoms. The molecule has 0 heterocycles. The van der Waals surface area contributed by atoms with Crippen LogP contribution in [0.1, 0.15) is 35.1 Å². The zero-order valence-electron chi connectivity index (χ0n) is 19.2. The minimum absolute atomic E-state index is 0.0158. The third kappa shape index (κ3) is 3.59. The van der Waals surface area contributed by atoms with Crippen molar-refractivity contribution in [1.29, 1.82) is 0 Å². The molecule has 0 unspecified atom stereocenters. The zero-order chi connectivity index (χ0) is 25.2. The van der Waals surface area contributed by atoms with Gasteiger partial charge in [-0.05, 0) is 106 Å². The molecule has 2 aliphatic rings. The third-order valence-electron chi connectivity index (χ3n) is 8.09. The van der Waals surface area contributed by atoms with E-state index in [0.29, 0.717) is 12.8 Å². The van der Waals surface area contributed by atoms with E-state index < -0.39 is 10.8 Å². The molecule has 2 nitrogen and oxygen atoms in total. The number of rotatable bonds is 5. The molecule has 6 rings (SSSR count). The smallest absolute Gasteiger partial charge is 0.0569 e. The van der Waals surface area contributed by atoms with Gasteiger partial charge >= 0.3 is 0 Å². The Bertz CT molecular complexity index is 1310. The lowest BCUT2D eigenvalue weighted by molar-refractivity contribution is 0.177. The maximum Gasteiger partial charge on any atom is 0.0569 e. The van der Waals surface area contributed by atoms with Crippen LogP contribution in [0.2, 0.25) is 0 Å². The summed E-state index contributed by atoms with van der Waals surface area (Å²) < 4.78 is 3.97. The van der Waals surface area contributed by atoms with Crippen molar-refractivity contribution in [2.45, 2.75) is 23.7 Å². The van der Waals surface area contributed by atoms with Crippen molar-refractivity contribution in [3.05, 3.63) is 113 Å². The Kier molecular flexibility index (Phi) is 6.38. The van der Waals surface area contributed by atoms with Crippen molar-refractivity contribution in [3.63, 3.8) is 0 Å². The summed E-state index contributed by atoms with van der Waals surface area (Å²) >= 11 is 14.7. The molecule has 2 aliphatic carbocycles. The number of benzene rings is 4. The molecule has 36 heavy (non-hydrogen) atoms. The van der Waals surface area contributed by atoms with Gasteiger partial charge < -0.3 is 10.2 Å². The van der Waals surface area contributed by atoms with Gasteiger partial charge in [-0.25, -0.2) is 0 Å². The van der Waals surface area contributed by atoms with Crippen molar-refractivity contribution < 1.29 is 10.2 Å². The molecule has 0 amide bonds. The minimum Gasteiger partial charge on any atom is -0.395 e. The maximum atomic E-state index is 11.1. The highest BCUT2D eigenvalue weighted by Gasteiger charge is 2.48. The van der Waals surface area contributed by atoms with E-state index in [1.807, 2.05) is 0 Å². The van der Waals surface area contributed by atoms with Crippen molar-refractivity contribution in [1.82, 2.24) is 0 Å². The van der Waals surface area contributed by atoms with E-state index in [0.717, 1.165) is 62.4 Å². The standard InChI is InChI=1S/C30H22Br4O2/c31-17-1-5-21-22-6-2-18(32)12-26(22)29(15-35,25(21)11-17)9-10-30(16-36)27-13-19(33)3-7-23(27)24-8-4-20(34)14-28(24)30/h1-8,11-14,35-36H,9-10,15-16H2. The quantitative estimate of drug-likeness (QED) is 0.216. The molecular weight excluding hydrogens is 712 g/mol. The molecule has 0 saturated heterocycles. The summed E-state index contributed by atoms with van der Waals surface area (Å²) in [7, 11) is 0. The van der Waals surface area contributed by atoms with Gasteiger partial charge in [-0.1, -0.05) is 88.0 Å². The molecule has 0 atom stereocenters. The lowest BCUT2D eigenvalue weighted by Crippen LogP contribution is -2.36. The van der Waals surface area contributed by atoms with Gasteiger partial charge in [0.1, 0.15) is 0 Å². The molecule has 0 radical (unpaired) electrons. The first kappa shape index (κ1) is 25.0. The molecule has 4 aromatic carbocycles. The van der Waals surface area contributed by atoms with E-state index in [1.54, 1.807) is 0 Å². The Balaban J connectivity index is 1.54. The van der Waals surface area contributed by atoms with Crippen molar-refractivity contribution >= 4 is 63.7 Å². The predicted octanol–water partition coefficient (Wildman–Crippen LogP) is 8.73. The highest BCUT2D eigenvalue weighted by molar-refractivity contribution is 9.11. The van der Waals surface area contributed by atoms with Crippen LogP contribution >= 0.6 is 63.7 Å². The van der Waals surface area contributed by atoms with E-state index in [9.17, 15) is 10.2 Å². The molecule has 0 fully saturated rings. The van der Waals surface area contributed by atoms with Gasteiger partial charge in [0.05, 0.1) is 13.2 Å². The molecular formula is C30H22Br4O2. The van der Waals surface area contributed by atoms with E-state index in [2.05, 4.69) is 137 Å². The van der Waals surface area contributed by atoms with Crippen LogP contribution < -0.4 is 0 Å². The summed E-state index contributed by atoms with van der Waals surface area (Å²) in [5.41, 5.74) is 7.98. The number of aliphatic hydroxyl groups is 2. The Morgan fingerprint density at radius 1 is 0.444 bits per heavy atom. The molecule has 6 heteroatoms. The average Bonchev–Trinajstić information content (AvgIpc) is 3.28. The lowest BCUT2D eigenvalue weighted by Gasteiger charge is -2.37. The number of fused-ring (bicyclic) bond motifs is 6. The lowest BCUT2D eigenvalue weighted by atomic mass is 9.68. The summed E-state index contributed by atoms with van der Waals surface area (Å²) in [5.74, 6) is 0. The Morgan fingerprint density at radius 3 is 0.917 bits per heavy atom. The largest absolute Gasteiger partial charge is 0.395 e. The first-order chi connectivity index (χ1) is 17.3. The molecule has 0 spiro atoms. The number of halogens is 4. The van der Waals surface area contributed by atoms with Gasteiger partial charge in [-0.2, -0.15) is 0 Å². The fraction of sp³-hybridized carbons (Fsp3) is 0.200. The summed E-state index contributed by atoms with van der Waals surface area (Å²) in [6.07, 6.45) is 1.35.